The van der Waals surface area contributed by atoms with Crippen molar-refractivity contribution in [2.24, 2.45) is 0 Å². The number of benzene rings is 1. The van der Waals surface area contributed by atoms with Gasteiger partial charge < -0.3 is 10.1 Å². The Kier molecular flexibility index (Phi) is 5.18. The Labute approximate surface area is 159 Å². The monoisotopic (exact) mass is 372 g/mol. The van der Waals surface area contributed by atoms with E-state index in [4.69, 9.17) is 4.74 Å². The SMILES string of the molecule is COc1ccc2sc(C)cc2c1C(=O)NC1CCN(C2CCCCC2)C1. The van der Waals surface area contributed by atoms with Gasteiger partial charge in [-0.05, 0) is 44.4 Å². The second-order valence-corrected chi connectivity index (χ2v) is 8.95. The van der Waals surface area contributed by atoms with Gasteiger partial charge >= 0.3 is 0 Å². The fourth-order valence-electron chi connectivity index (χ4n) is 4.56. The van der Waals surface area contributed by atoms with Crippen molar-refractivity contribution in [1.82, 2.24) is 10.2 Å². The van der Waals surface area contributed by atoms with Gasteiger partial charge in [-0.3, -0.25) is 9.69 Å². The molecular formula is C21H28N2O2S. The fourth-order valence-corrected chi connectivity index (χ4v) is 5.49. The molecule has 1 aliphatic heterocycles. The summed E-state index contributed by atoms with van der Waals surface area (Å²) in [5, 5.41) is 4.29. The van der Waals surface area contributed by atoms with E-state index < -0.39 is 0 Å². The number of nitrogens with zero attached hydrogens (tertiary/aromatic N) is 1. The van der Waals surface area contributed by atoms with Crippen LogP contribution in [0.15, 0.2) is 18.2 Å². The molecule has 1 N–H and O–H groups in total. The molecule has 1 saturated heterocycles. The molecule has 2 heterocycles. The summed E-state index contributed by atoms with van der Waals surface area (Å²) >= 11 is 1.72. The number of fused-ring (bicyclic) bond motifs is 1. The molecule has 2 aliphatic rings. The number of hydrogen-bond donors (Lipinski definition) is 1. The minimum atomic E-state index is 0.000689. The second kappa shape index (κ2) is 7.57. The van der Waals surface area contributed by atoms with E-state index in [1.54, 1.807) is 18.4 Å². The quantitative estimate of drug-likeness (QED) is 0.867. The zero-order valence-electron chi connectivity index (χ0n) is 15.7. The average molecular weight is 373 g/mol. The van der Waals surface area contributed by atoms with E-state index in [-0.39, 0.29) is 11.9 Å². The number of carbonyl (C=O) groups excluding carboxylic acids is 1. The molecule has 5 heteroatoms. The van der Waals surface area contributed by atoms with Crippen molar-refractivity contribution < 1.29 is 9.53 Å². The predicted molar refractivity (Wildman–Crippen MR) is 107 cm³/mol. The number of amides is 1. The number of hydrogen-bond acceptors (Lipinski definition) is 4. The highest BCUT2D eigenvalue weighted by Gasteiger charge is 2.30. The van der Waals surface area contributed by atoms with Crippen molar-refractivity contribution in [1.29, 1.82) is 0 Å². The van der Waals surface area contributed by atoms with Crippen LogP contribution in [-0.2, 0) is 0 Å². The van der Waals surface area contributed by atoms with Gasteiger partial charge in [-0.15, -0.1) is 11.3 Å². The van der Waals surface area contributed by atoms with Gasteiger partial charge in [0.25, 0.3) is 5.91 Å². The molecule has 4 rings (SSSR count). The molecule has 1 aromatic carbocycles. The van der Waals surface area contributed by atoms with Crippen molar-refractivity contribution in [3.63, 3.8) is 0 Å². The Morgan fingerprint density at radius 1 is 1.23 bits per heavy atom. The lowest BCUT2D eigenvalue weighted by molar-refractivity contribution is 0.0933. The van der Waals surface area contributed by atoms with Crippen LogP contribution in [0.3, 0.4) is 0 Å². The van der Waals surface area contributed by atoms with E-state index in [0.29, 0.717) is 11.3 Å². The zero-order valence-corrected chi connectivity index (χ0v) is 16.5. The number of likely N-dealkylation sites (tertiary alicyclic amines) is 1. The maximum absolute atomic E-state index is 13.1. The van der Waals surface area contributed by atoms with Crippen LogP contribution in [-0.4, -0.2) is 43.1 Å². The van der Waals surface area contributed by atoms with Crippen LogP contribution in [0.1, 0.15) is 53.8 Å². The summed E-state index contributed by atoms with van der Waals surface area (Å²) < 4.78 is 6.64. The molecule has 1 saturated carbocycles. The summed E-state index contributed by atoms with van der Waals surface area (Å²) in [4.78, 5) is 16.9. The van der Waals surface area contributed by atoms with Crippen molar-refractivity contribution in [3.05, 3.63) is 28.6 Å². The minimum absolute atomic E-state index is 0.000689. The first-order valence-electron chi connectivity index (χ1n) is 9.78. The maximum atomic E-state index is 13.1. The van der Waals surface area contributed by atoms with Crippen LogP contribution in [0.2, 0.25) is 0 Å². The summed E-state index contributed by atoms with van der Waals surface area (Å²) in [6.07, 6.45) is 7.78. The first-order valence-corrected chi connectivity index (χ1v) is 10.6. The normalized spacial score (nSPS) is 22.0. The number of ether oxygens (including phenoxy) is 1. The van der Waals surface area contributed by atoms with E-state index in [2.05, 4.69) is 23.2 Å². The lowest BCUT2D eigenvalue weighted by Gasteiger charge is -2.31. The lowest BCUT2D eigenvalue weighted by Crippen LogP contribution is -2.40. The first-order chi connectivity index (χ1) is 12.7. The van der Waals surface area contributed by atoms with E-state index in [1.807, 2.05) is 12.1 Å². The molecular weight excluding hydrogens is 344 g/mol. The van der Waals surface area contributed by atoms with E-state index in [1.165, 1.54) is 37.0 Å². The highest BCUT2D eigenvalue weighted by molar-refractivity contribution is 7.19. The van der Waals surface area contributed by atoms with Gasteiger partial charge in [-0.25, -0.2) is 0 Å². The van der Waals surface area contributed by atoms with Gasteiger partial charge in [-0.2, -0.15) is 0 Å². The number of carbonyl (C=O) groups is 1. The van der Waals surface area contributed by atoms with Crippen LogP contribution < -0.4 is 10.1 Å². The van der Waals surface area contributed by atoms with Crippen molar-refractivity contribution in [3.8, 4) is 5.75 Å². The van der Waals surface area contributed by atoms with Crippen molar-refractivity contribution >= 4 is 27.3 Å². The van der Waals surface area contributed by atoms with Gasteiger partial charge in [0.1, 0.15) is 5.75 Å². The molecule has 0 bridgehead atoms. The van der Waals surface area contributed by atoms with E-state index in [0.717, 1.165) is 35.6 Å². The molecule has 1 amide bonds. The number of aryl methyl sites for hydroxylation is 1. The Morgan fingerprint density at radius 3 is 2.81 bits per heavy atom. The number of nitrogens with one attached hydrogen (secondary N) is 1. The standard InChI is InChI=1S/C21H28N2O2S/c1-14-12-17-19(26-14)9-8-18(25-2)20(17)21(24)22-15-10-11-23(13-15)16-6-4-3-5-7-16/h8-9,12,15-16H,3-7,10-11,13H2,1-2H3,(H,22,24). The summed E-state index contributed by atoms with van der Waals surface area (Å²) in [6.45, 7) is 4.17. The highest BCUT2D eigenvalue weighted by atomic mass is 32.1. The van der Waals surface area contributed by atoms with Crippen molar-refractivity contribution in [2.45, 2.75) is 57.5 Å². The molecule has 1 atom stereocenters. The Morgan fingerprint density at radius 2 is 2.04 bits per heavy atom. The number of thiophene rings is 1. The molecule has 1 aliphatic carbocycles. The zero-order chi connectivity index (χ0) is 18.1. The van der Waals surface area contributed by atoms with Crippen molar-refractivity contribution in [2.75, 3.05) is 20.2 Å². The topological polar surface area (TPSA) is 41.6 Å². The second-order valence-electron chi connectivity index (χ2n) is 7.66. The largest absolute Gasteiger partial charge is 0.496 e. The third-order valence-corrected chi connectivity index (χ3v) is 6.89. The Balaban J connectivity index is 1.49. The Hall–Kier alpha value is -1.59. The minimum Gasteiger partial charge on any atom is -0.496 e. The van der Waals surface area contributed by atoms with Gasteiger partial charge in [0.15, 0.2) is 0 Å². The van der Waals surface area contributed by atoms with Gasteiger partial charge in [0.2, 0.25) is 0 Å². The maximum Gasteiger partial charge on any atom is 0.255 e. The first kappa shape index (κ1) is 17.8. The third kappa shape index (κ3) is 3.47. The summed E-state index contributed by atoms with van der Waals surface area (Å²) in [5.74, 6) is 0.663. The molecule has 1 unspecified atom stereocenters. The van der Waals surface area contributed by atoms with Crippen LogP contribution in [0, 0.1) is 6.92 Å². The van der Waals surface area contributed by atoms with Crippen LogP contribution in [0.5, 0.6) is 5.75 Å². The number of methoxy groups -OCH3 is 1. The lowest BCUT2D eigenvalue weighted by atomic mass is 9.94. The Bertz CT molecular complexity index is 795. The molecule has 4 nitrogen and oxygen atoms in total. The molecule has 2 aromatic rings. The van der Waals surface area contributed by atoms with Crippen LogP contribution in [0.25, 0.3) is 10.1 Å². The fraction of sp³-hybridized carbons (Fsp3) is 0.571. The molecule has 0 spiro atoms. The average Bonchev–Trinajstić information content (AvgIpc) is 3.27. The molecule has 1 aromatic heterocycles. The molecule has 140 valence electrons. The smallest absolute Gasteiger partial charge is 0.255 e. The number of rotatable bonds is 4. The summed E-state index contributed by atoms with van der Waals surface area (Å²) in [5.41, 5.74) is 0.686. The highest BCUT2D eigenvalue weighted by Crippen LogP contribution is 2.34. The molecule has 2 fully saturated rings. The van der Waals surface area contributed by atoms with Gasteiger partial charge in [-0.1, -0.05) is 19.3 Å². The van der Waals surface area contributed by atoms with E-state index in [9.17, 15) is 4.79 Å². The van der Waals surface area contributed by atoms with Gasteiger partial charge in [0, 0.05) is 40.1 Å². The summed E-state index contributed by atoms with van der Waals surface area (Å²) in [7, 11) is 1.64. The summed E-state index contributed by atoms with van der Waals surface area (Å²) in [6, 6.07) is 7.02. The van der Waals surface area contributed by atoms with Gasteiger partial charge in [0.05, 0.1) is 12.7 Å². The van der Waals surface area contributed by atoms with Crippen LogP contribution in [0.4, 0.5) is 0 Å². The van der Waals surface area contributed by atoms with E-state index >= 15 is 0 Å². The van der Waals surface area contributed by atoms with Crippen LogP contribution >= 0.6 is 11.3 Å². The molecule has 26 heavy (non-hydrogen) atoms. The molecule has 0 radical (unpaired) electrons. The third-order valence-electron chi connectivity index (χ3n) is 5.88. The predicted octanol–water partition coefficient (Wildman–Crippen LogP) is 4.36.